The molecule has 0 saturated carbocycles. The Hall–Kier alpha value is -4.33. The third-order valence-electron chi connectivity index (χ3n) is 7.60. The van der Waals surface area contributed by atoms with Crippen LogP contribution in [-0.4, -0.2) is 52.7 Å². The molecular formula is C34H39NO7. The number of carbonyl (C=O) groups excluding carboxylic acids is 1. The molecule has 1 saturated heterocycles. The quantitative estimate of drug-likeness (QED) is 0.262. The van der Waals surface area contributed by atoms with Crippen LogP contribution in [0.3, 0.4) is 0 Å². The summed E-state index contributed by atoms with van der Waals surface area (Å²) in [5.41, 5.74) is 3.82. The fourth-order valence-electron chi connectivity index (χ4n) is 4.93. The molecule has 1 aliphatic heterocycles. The van der Waals surface area contributed by atoms with Crippen molar-refractivity contribution < 1.29 is 34.1 Å². The number of rotatable bonds is 11. The molecule has 0 radical (unpaired) electrons. The van der Waals surface area contributed by atoms with Crippen LogP contribution in [0.4, 0.5) is 0 Å². The van der Waals surface area contributed by atoms with E-state index in [2.05, 4.69) is 45.0 Å². The maximum atomic E-state index is 13.2. The molecule has 8 heteroatoms. The Morgan fingerprint density at radius 2 is 1.50 bits per heavy atom. The van der Waals surface area contributed by atoms with Gasteiger partial charge in [0.05, 0.1) is 23.7 Å². The van der Waals surface area contributed by atoms with Crippen molar-refractivity contribution >= 4 is 17.8 Å². The lowest BCUT2D eigenvalue weighted by Crippen LogP contribution is -2.40. The van der Waals surface area contributed by atoms with Crippen molar-refractivity contribution in [2.75, 3.05) is 19.7 Å². The number of amides is 1. The lowest BCUT2D eigenvalue weighted by atomic mass is 9.87. The highest BCUT2D eigenvalue weighted by Gasteiger charge is 2.29. The monoisotopic (exact) mass is 573 g/mol. The van der Waals surface area contributed by atoms with Gasteiger partial charge < -0.3 is 24.6 Å². The van der Waals surface area contributed by atoms with Crippen LogP contribution in [0.5, 0.6) is 11.5 Å². The molecule has 0 atom stereocenters. The smallest absolute Gasteiger partial charge is 0.335 e. The topological polar surface area (TPSA) is 113 Å². The van der Waals surface area contributed by atoms with Crippen molar-refractivity contribution in [2.45, 2.75) is 58.5 Å². The van der Waals surface area contributed by atoms with Crippen LogP contribution >= 0.6 is 0 Å². The van der Waals surface area contributed by atoms with Crippen molar-refractivity contribution in [3.63, 3.8) is 0 Å². The molecular weight excluding hydrogens is 534 g/mol. The molecule has 3 aromatic rings. The molecule has 42 heavy (non-hydrogen) atoms. The summed E-state index contributed by atoms with van der Waals surface area (Å²) in [4.78, 5) is 37.6. The van der Waals surface area contributed by atoms with Crippen molar-refractivity contribution in [2.24, 2.45) is 5.92 Å². The number of carbonyl (C=O) groups is 3. The van der Waals surface area contributed by atoms with Gasteiger partial charge in [-0.2, -0.15) is 0 Å². The van der Waals surface area contributed by atoms with E-state index in [0.717, 1.165) is 23.3 Å². The minimum Gasteiger partial charge on any atom is -0.493 e. The Balaban J connectivity index is 1.28. The highest BCUT2D eigenvalue weighted by molar-refractivity contribution is 6.00. The van der Waals surface area contributed by atoms with Crippen LogP contribution in [0.1, 0.15) is 77.4 Å². The third kappa shape index (κ3) is 8.12. The Morgan fingerprint density at radius 3 is 2.10 bits per heavy atom. The molecule has 2 N–H and O–H groups in total. The molecule has 3 aromatic carbocycles. The summed E-state index contributed by atoms with van der Waals surface area (Å²) in [6, 6.07) is 20.7. The van der Waals surface area contributed by atoms with Gasteiger partial charge >= 0.3 is 11.9 Å². The zero-order valence-electron chi connectivity index (χ0n) is 24.5. The predicted octanol–water partition coefficient (Wildman–Crippen LogP) is 6.21. The molecule has 0 aliphatic carbocycles. The van der Waals surface area contributed by atoms with E-state index in [9.17, 15) is 24.6 Å². The summed E-state index contributed by atoms with van der Waals surface area (Å²) >= 11 is 0. The lowest BCUT2D eigenvalue weighted by Gasteiger charge is -2.30. The van der Waals surface area contributed by atoms with Crippen LogP contribution in [0.25, 0.3) is 0 Å². The first-order valence-electron chi connectivity index (χ1n) is 14.3. The minimum absolute atomic E-state index is 0.00430. The highest BCUT2D eigenvalue weighted by atomic mass is 16.5. The summed E-state index contributed by atoms with van der Waals surface area (Å²) in [6.07, 6.45) is 2.18. The number of aromatic carboxylic acids is 1. The van der Waals surface area contributed by atoms with Gasteiger partial charge in [-0.1, -0.05) is 57.2 Å². The molecule has 0 bridgehead atoms. The zero-order valence-corrected chi connectivity index (χ0v) is 24.5. The van der Waals surface area contributed by atoms with Gasteiger partial charge in [-0.3, -0.25) is 9.59 Å². The molecule has 0 spiro atoms. The van der Waals surface area contributed by atoms with Gasteiger partial charge in [-0.25, -0.2) is 4.79 Å². The fourth-order valence-corrected chi connectivity index (χ4v) is 4.93. The first-order valence-corrected chi connectivity index (χ1v) is 14.3. The number of likely N-dealkylation sites (tertiary alicyclic amines) is 1. The number of carboxylic acid groups (broad SMARTS) is 2. The number of aliphatic carboxylic acids is 1. The van der Waals surface area contributed by atoms with Crippen LogP contribution in [-0.2, 0) is 23.2 Å². The average molecular weight is 574 g/mol. The Labute approximate surface area is 246 Å². The molecule has 1 aliphatic rings. The summed E-state index contributed by atoms with van der Waals surface area (Å²) in [5.74, 6) is -1.69. The number of nitrogens with zero attached hydrogens (tertiary/aromatic N) is 1. The predicted molar refractivity (Wildman–Crippen MR) is 159 cm³/mol. The number of piperidine rings is 1. The molecule has 1 fully saturated rings. The summed E-state index contributed by atoms with van der Waals surface area (Å²) in [7, 11) is 0. The minimum atomic E-state index is -1.13. The molecule has 222 valence electrons. The largest absolute Gasteiger partial charge is 0.493 e. The van der Waals surface area contributed by atoms with Gasteiger partial charge in [-0.05, 0) is 78.1 Å². The van der Waals surface area contributed by atoms with E-state index in [-0.39, 0.29) is 22.4 Å². The SMILES string of the molecule is CC(C)(C)c1ccc(COc2ccc(CCCOc3ccc(C(=O)O)cc3C(=O)N3CCC(C(=O)O)CC3)cc2)cc1. The maximum absolute atomic E-state index is 13.2. The number of hydrogen-bond acceptors (Lipinski definition) is 5. The Bertz CT molecular complexity index is 1380. The van der Waals surface area contributed by atoms with E-state index in [4.69, 9.17) is 9.47 Å². The van der Waals surface area contributed by atoms with Crippen molar-refractivity contribution in [3.05, 3.63) is 94.5 Å². The Morgan fingerprint density at radius 1 is 0.857 bits per heavy atom. The normalized spacial score (nSPS) is 13.9. The van der Waals surface area contributed by atoms with E-state index in [1.165, 1.54) is 23.8 Å². The van der Waals surface area contributed by atoms with E-state index in [1.54, 1.807) is 4.90 Å². The average Bonchev–Trinajstić information content (AvgIpc) is 2.98. The molecule has 1 amide bonds. The van der Waals surface area contributed by atoms with Crippen molar-refractivity contribution in [3.8, 4) is 11.5 Å². The number of ether oxygens (including phenoxy) is 2. The second-order valence-corrected chi connectivity index (χ2v) is 11.8. The summed E-state index contributed by atoms with van der Waals surface area (Å²) in [6.45, 7) is 8.03. The summed E-state index contributed by atoms with van der Waals surface area (Å²) in [5, 5.41) is 18.7. The first-order chi connectivity index (χ1) is 20.0. The standard InChI is InChI=1S/C34H39NO7/c1-34(2,3)27-11-6-24(7-12-27)22-42-28-13-8-23(9-14-28)5-4-20-41-30-15-10-26(33(39)40)21-29(30)31(36)35-18-16-25(17-19-35)32(37)38/h6-15,21,25H,4-5,16-20,22H2,1-3H3,(H,37,38)(H,39,40). The van der Waals surface area contributed by atoms with E-state index in [0.29, 0.717) is 51.3 Å². The van der Waals surface area contributed by atoms with Crippen molar-refractivity contribution in [1.29, 1.82) is 0 Å². The van der Waals surface area contributed by atoms with E-state index >= 15 is 0 Å². The van der Waals surface area contributed by atoms with E-state index in [1.807, 2.05) is 24.3 Å². The van der Waals surface area contributed by atoms with Gasteiger partial charge in [0.1, 0.15) is 18.1 Å². The van der Waals surface area contributed by atoms with Crippen LogP contribution in [0.2, 0.25) is 0 Å². The van der Waals surface area contributed by atoms with Crippen molar-refractivity contribution in [1.82, 2.24) is 4.90 Å². The van der Waals surface area contributed by atoms with Gasteiger partial charge in [0.2, 0.25) is 0 Å². The third-order valence-corrected chi connectivity index (χ3v) is 7.60. The summed E-state index contributed by atoms with van der Waals surface area (Å²) < 4.78 is 11.9. The van der Waals surface area contributed by atoms with Crippen LogP contribution < -0.4 is 9.47 Å². The zero-order chi connectivity index (χ0) is 30.3. The number of carboxylic acids is 2. The first kappa shape index (κ1) is 30.6. The lowest BCUT2D eigenvalue weighted by molar-refractivity contribution is -0.143. The molecule has 4 rings (SSSR count). The molecule has 0 unspecified atom stereocenters. The fraction of sp³-hybridized carbons (Fsp3) is 0.382. The molecule has 0 aromatic heterocycles. The van der Waals surface area contributed by atoms with Gasteiger partial charge in [0.15, 0.2) is 0 Å². The van der Waals surface area contributed by atoms with E-state index < -0.39 is 17.9 Å². The Kier molecular flexibility index (Phi) is 9.88. The highest BCUT2D eigenvalue weighted by Crippen LogP contribution is 2.26. The van der Waals surface area contributed by atoms with Gasteiger partial charge in [0, 0.05) is 13.1 Å². The number of aryl methyl sites for hydroxylation is 1. The number of benzene rings is 3. The van der Waals surface area contributed by atoms with Crippen LogP contribution in [0.15, 0.2) is 66.7 Å². The number of hydrogen-bond donors (Lipinski definition) is 2. The second kappa shape index (κ2) is 13.6. The van der Waals surface area contributed by atoms with Gasteiger partial charge in [0.25, 0.3) is 5.91 Å². The second-order valence-electron chi connectivity index (χ2n) is 11.8. The van der Waals surface area contributed by atoms with Crippen LogP contribution in [0, 0.1) is 5.92 Å². The van der Waals surface area contributed by atoms with Gasteiger partial charge in [-0.15, -0.1) is 0 Å². The molecule has 8 nitrogen and oxygen atoms in total. The molecule has 1 heterocycles. The maximum Gasteiger partial charge on any atom is 0.335 e.